The van der Waals surface area contributed by atoms with Crippen LogP contribution in [0.4, 0.5) is 0 Å². The Hall–Kier alpha value is -3.62. The van der Waals surface area contributed by atoms with E-state index in [2.05, 4.69) is 23.7 Å². The highest BCUT2D eigenvalue weighted by Crippen LogP contribution is 2.30. The molecule has 26 heavy (non-hydrogen) atoms. The lowest BCUT2D eigenvalue weighted by Crippen LogP contribution is -2.15. The smallest absolute Gasteiger partial charge is 0.162 e. The van der Waals surface area contributed by atoms with Crippen molar-refractivity contribution in [1.82, 2.24) is 0 Å². The summed E-state index contributed by atoms with van der Waals surface area (Å²) in [6, 6.07) is 23.7. The Labute approximate surface area is 153 Å². The summed E-state index contributed by atoms with van der Waals surface area (Å²) in [6.07, 6.45) is 0. The number of hydrogen-bond acceptors (Lipinski definition) is 2. The van der Waals surface area contributed by atoms with Gasteiger partial charge in [-0.15, -0.1) is 0 Å². The van der Waals surface area contributed by atoms with Crippen molar-refractivity contribution in [3.8, 4) is 35.2 Å². The second-order valence-electron chi connectivity index (χ2n) is 5.81. The van der Waals surface area contributed by atoms with E-state index < -0.39 is 0 Å². The summed E-state index contributed by atoms with van der Waals surface area (Å²) in [5.74, 6) is 14.3. The third-order valence-electron chi connectivity index (χ3n) is 3.88. The molecule has 4 rings (SSSR count). The van der Waals surface area contributed by atoms with Crippen molar-refractivity contribution in [1.29, 1.82) is 0 Å². The number of rotatable bonds is 0. The lowest BCUT2D eigenvalue weighted by Gasteiger charge is -2.17. The molecule has 0 saturated heterocycles. The first-order chi connectivity index (χ1) is 12.9. The summed E-state index contributed by atoms with van der Waals surface area (Å²) in [5.41, 5.74) is 3.78. The summed E-state index contributed by atoms with van der Waals surface area (Å²) in [7, 11) is 0. The molecule has 0 unspecified atom stereocenters. The Bertz CT molecular complexity index is 1040. The van der Waals surface area contributed by atoms with Gasteiger partial charge in [-0.1, -0.05) is 47.9 Å². The van der Waals surface area contributed by atoms with Crippen LogP contribution in [0.25, 0.3) is 0 Å². The standard InChI is InChI=1S/C24H16O2/c1-2-5-19(6-3-1)9-10-20-7-4-8-21(17-20)11-12-22-13-14-23-24(18-22)26-16-15-25-23/h1-8,13-14,17-18H,15-16H2. The minimum absolute atomic E-state index is 0.575. The van der Waals surface area contributed by atoms with Crippen LogP contribution in [0.1, 0.15) is 22.3 Å². The topological polar surface area (TPSA) is 18.5 Å². The molecular weight excluding hydrogens is 320 g/mol. The number of fused-ring (bicyclic) bond motifs is 1. The van der Waals surface area contributed by atoms with Crippen LogP contribution in [0.2, 0.25) is 0 Å². The second-order valence-corrected chi connectivity index (χ2v) is 5.81. The maximum Gasteiger partial charge on any atom is 0.162 e. The van der Waals surface area contributed by atoms with E-state index in [0.29, 0.717) is 13.2 Å². The molecule has 0 amide bonds. The van der Waals surface area contributed by atoms with E-state index >= 15 is 0 Å². The lowest BCUT2D eigenvalue weighted by atomic mass is 10.1. The molecule has 0 saturated carbocycles. The third-order valence-corrected chi connectivity index (χ3v) is 3.88. The van der Waals surface area contributed by atoms with Crippen LogP contribution in [-0.2, 0) is 0 Å². The van der Waals surface area contributed by atoms with E-state index in [4.69, 9.17) is 9.47 Å². The van der Waals surface area contributed by atoms with Gasteiger partial charge in [-0.25, -0.2) is 0 Å². The van der Waals surface area contributed by atoms with Gasteiger partial charge in [-0.2, -0.15) is 0 Å². The van der Waals surface area contributed by atoms with Crippen molar-refractivity contribution >= 4 is 0 Å². The van der Waals surface area contributed by atoms with Gasteiger partial charge in [-0.3, -0.25) is 0 Å². The predicted molar refractivity (Wildman–Crippen MR) is 102 cm³/mol. The van der Waals surface area contributed by atoms with Crippen LogP contribution in [0, 0.1) is 23.7 Å². The normalized spacial score (nSPS) is 11.5. The number of benzene rings is 3. The molecule has 0 N–H and O–H groups in total. The minimum atomic E-state index is 0.575. The van der Waals surface area contributed by atoms with Gasteiger partial charge >= 0.3 is 0 Å². The molecule has 0 aromatic heterocycles. The fraction of sp³-hybridized carbons (Fsp3) is 0.0833. The Morgan fingerprint density at radius 3 is 1.81 bits per heavy atom. The average molecular weight is 336 g/mol. The van der Waals surface area contributed by atoms with Gasteiger partial charge in [-0.05, 0) is 48.5 Å². The van der Waals surface area contributed by atoms with Crippen molar-refractivity contribution < 1.29 is 9.47 Å². The number of hydrogen-bond donors (Lipinski definition) is 0. The van der Waals surface area contributed by atoms with Crippen molar-refractivity contribution in [2.75, 3.05) is 13.2 Å². The highest BCUT2D eigenvalue weighted by Gasteiger charge is 2.10. The van der Waals surface area contributed by atoms with Gasteiger partial charge in [0.15, 0.2) is 11.5 Å². The quantitative estimate of drug-likeness (QED) is 0.571. The summed E-state index contributed by atoms with van der Waals surface area (Å²) in [4.78, 5) is 0. The maximum atomic E-state index is 5.60. The predicted octanol–water partition coefficient (Wildman–Crippen LogP) is 4.26. The molecule has 0 radical (unpaired) electrons. The Balaban J connectivity index is 1.55. The molecule has 0 atom stereocenters. The summed E-state index contributed by atoms with van der Waals surface area (Å²) in [6.45, 7) is 1.17. The molecule has 0 fully saturated rings. The van der Waals surface area contributed by atoms with Crippen molar-refractivity contribution in [2.24, 2.45) is 0 Å². The van der Waals surface area contributed by atoms with E-state index in [9.17, 15) is 0 Å². The Morgan fingerprint density at radius 1 is 0.500 bits per heavy atom. The molecule has 1 heterocycles. The van der Waals surface area contributed by atoms with Gasteiger partial charge in [0.2, 0.25) is 0 Å². The van der Waals surface area contributed by atoms with E-state index in [1.165, 1.54) is 0 Å². The maximum absolute atomic E-state index is 5.60. The first-order valence-electron chi connectivity index (χ1n) is 8.46. The lowest BCUT2D eigenvalue weighted by molar-refractivity contribution is 0.171. The Kier molecular flexibility index (Phi) is 4.59. The first-order valence-corrected chi connectivity index (χ1v) is 8.46. The molecule has 3 aromatic carbocycles. The van der Waals surface area contributed by atoms with Crippen LogP contribution in [-0.4, -0.2) is 13.2 Å². The summed E-state index contributed by atoms with van der Waals surface area (Å²) < 4.78 is 11.1. The van der Waals surface area contributed by atoms with Crippen molar-refractivity contribution in [3.05, 3.63) is 95.1 Å². The van der Waals surface area contributed by atoms with E-state index in [-0.39, 0.29) is 0 Å². The van der Waals surface area contributed by atoms with E-state index in [1.54, 1.807) is 0 Å². The van der Waals surface area contributed by atoms with E-state index in [0.717, 1.165) is 33.8 Å². The molecule has 0 spiro atoms. The Morgan fingerprint density at radius 2 is 1.08 bits per heavy atom. The molecule has 2 heteroatoms. The molecular formula is C24H16O2. The highest BCUT2D eigenvalue weighted by molar-refractivity contribution is 5.52. The zero-order valence-corrected chi connectivity index (χ0v) is 14.2. The van der Waals surface area contributed by atoms with Crippen LogP contribution < -0.4 is 9.47 Å². The first kappa shape index (κ1) is 15.9. The molecule has 0 bridgehead atoms. The van der Waals surface area contributed by atoms with E-state index in [1.807, 2.05) is 72.8 Å². The molecule has 2 nitrogen and oxygen atoms in total. The fourth-order valence-electron chi connectivity index (χ4n) is 2.61. The van der Waals surface area contributed by atoms with Crippen LogP contribution >= 0.6 is 0 Å². The summed E-state index contributed by atoms with van der Waals surface area (Å²) in [5, 5.41) is 0. The van der Waals surface area contributed by atoms with Crippen molar-refractivity contribution in [2.45, 2.75) is 0 Å². The van der Waals surface area contributed by atoms with Gasteiger partial charge in [0.05, 0.1) is 0 Å². The van der Waals surface area contributed by atoms with Crippen LogP contribution in [0.5, 0.6) is 11.5 Å². The van der Waals surface area contributed by atoms with Crippen LogP contribution in [0.15, 0.2) is 72.8 Å². The largest absolute Gasteiger partial charge is 0.486 e. The van der Waals surface area contributed by atoms with Gasteiger partial charge in [0, 0.05) is 22.3 Å². The third kappa shape index (κ3) is 3.89. The molecule has 0 aliphatic carbocycles. The van der Waals surface area contributed by atoms with Gasteiger partial charge in [0.1, 0.15) is 13.2 Å². The SMILES string of the molecule is C(#Cc1cccc(C#Cc2ccc3c(c2)OCCO3)c1)c1ccccc1. The molecule has 1 aliphatic rings. The fourth-order valence-corrected chi connectivity index (χ4v) is 2.61. The zero-order chi connectivity index (χ0) is 17.6. The molecule has 1 aliphatic heterocycles. The molecule has 124 valence electrons. The second kappa shape index (κ2) is 7.51. The molecule has 3 aromatic rings. The van der Waals surface area contributed by atoms with Crippen molar-refractivity contribution in [3.63, 3.8) is 0 Å². The number of ether oxygens (including phenoxy) is 2. The monoisotopic (exact) mass is 336 g/mol. The van der Waals surface area contributed by atoms with Crippen LogP contribution in [0.3, 0.4) is 0 Å². The highest BCUT2D eigenvalue weighted by atomic mass is 16.6. The summed E-state index contributed by atoms with van der Waals surface area (Å²) >= 11 is 0. The van der Waals surface area contributed by atoms with Gasteiger partial charge in [0.25, 0.3) is 0 Å². The van der Waals surface area contributed by atoms with Gasteiger partial charge < -0.3 is 9.47 Å². The minimum Gasteiger partial charge on any atom is -0.486 e. The zero-order valence-electron chi connectivity index (χ0n) is 14.2. The average Bonchev–Trinajstić information content (AvgIpc) is 2.72.